The van der Waals surface area contributed by atoms with E-state index >= 15 is 0 Å². The summed E-state index contributed by atoms with van der Waals surface area (Å²) in [4.78, 5) is 17.7. The van der Waals surface area contributed by atoms with Gasteiger partial charge in [-0.1, -0.05) is 23.4 Å². The lowest BCUT2D eigenvalue weighted by Gasteiger charge is -2.28. The molecule has 218 valence electrons. The second-order valence-corrected chi connectivity index (χ2v) is 14.5. The third kappa shape index (κ3) is 6.94. The maximum Gasteiger partial charge on any atom is 0.407 e. The summed E-state index contributed by atoms with van der Waals surface area (Å²) in [6.45, 7) is 9.14. The molecule has 0 bridgehead atoms. The lowest BCUT2D eigenvalue weighted by Crippen LogP contribution is -2.40. The van der Waals surface area contributed by atoms with Crippen LogP contribution in [-0.4, -0.2) is 52.6 Å². The predicted octanol–water partition coefficient (Wildman–Crippen LogP) is 5.99. The number of fused-ring (bicyclic) bond motifs is 1. The molecule has 0 saturated heterocycles. The minimum atomic E-state index is -3.86. The average Bonchev–Trinajstić information content (AvgIpc) is 3.56. The molecule has 1 aliphatic rings. The fourth-order valence-electron chi connectivity index (χ4n) is 5.11. The van der Waals surface area contributed by atoms with E-state index in [4.69, 9.17) is 9.72 Å². The molecule has 1 fully saturated rings. The van der Waals surface area contributed by atoms with Crippen LogP contribution in [0.2, 0.25) is 0 Å². The summed E-state index contributed by atoms with van der Waals surface area (Å²) in [7, 11) is -3.86. The van der Waals surface area contributed by atoms with E-state index in [1.54, 1.807) is 12.3 Å². The van der Waals surface area contributed by atoms with Gasteiger partial charge in [0.15, 0.2) is 0 Å². The van der Waals surface area contributed by atoms with Crippen molar-refractivity contribution in [2.45, 2.75) is 88.8 Å². The molecule has 10 nitrogen and oxygen atoms in total. The van der Waals surface area contributed by atoms with E-state index in [0.717, 1.165) is 57.7 Å². The zero-order valence-electron chi connectivity index (χ0n) is 23.9. The van der Waals surface area contributed by atoms with Gasteiger partial charge in [-0.15, -0.1) is 16.4 Å². The lowest BCUT2D eigenvalue weighted by molar-refractivity contribution is 0.109. The van der Waals surface area contributed by atoms with E-state index in [9.17, 15) is 13.2 Å². The number of nitrogens with one attached hydrogen (secondary N) is 3. The van der Waals surface area contributed by atoms with E-state index in [2.05, 4.69) is 25.4 Å². The maximum atomic E-state index is 13.7. The number of nitrogens with zero attached hydrogens (tertiary/aromatic N) is 3. The summed E-state index contributed by atoms with van der Waals surface area (Å²) >= 11 is 1.53. The summed E-state index contributed by atoms with van der Waals surface area (Å²) in [6, 6.07) is 11.3. The Morgan fingerprint density at radius 2 is 1.78 bits per heavy atom. The Balaban J connectivity index is 1.42. The Labute approximate surface area is 244 Å². The van der Waals surface area contributed by atoms with Crippen molar-refractivity contribution in [3.63, 3.8) is 0 Å². The number of thiazole rings is 1. The molecule has 2 aromatic heterocycles. The minimum Gasteiger partial charge on any atom is -0.447 e. The van der Waals surface area contributed by atoms with Crippen LogP contribution in [0.5, 0.6) is 0 Å². The van der Waals surface area contributed by atoms with E-state index in [-0.39, 0.29) is 29.1 Å². The van der Waals surface area contributed by atoms with E-state index < -0.39 is 15.6 Å². The molecule has 41 heavy (non-hydrogen) atoms. The molecule has 4 aromatic rings. The Morgan fingerprint density at radius 1 is 1.07 bits per heavy atom. The molecule has 1 amide bonds. The van der Waals surface area contributed by atoms with E-state index in [1.807, 2.05) is 65.0 Å². The first-order chi connectivity index (χ1) is 19.4. The standard InChI is InChI=1S/C29H36N6O4S2/c1-17(2)39-28(36)31-21-10-6-18(7-11-21)27-30-16-25(40-27)22-12-8-20(15-26(22)41(37,38)34-29(3,4)5)19-9-13-23-24(14-19)33-35-32-23/h8-9,12-18,21,34H,6-7,10-11H2,1-5H3,(H,31,36)(H,32,33,35)/t18-,21-. The van der Waals surface area contributed by atoms with Crippen LogP contribution in [-0.2, 0) is 14.8 Å². The number of carbonyl (C=O) groups is 1. The van der Waals surface area contributed by atoms with Gasteiger partial charge in [0.2, 0.25) is 10.0 Å². The van der Waals surface area contributed by atoms with Crippen LogP contribution in [0.1, 0.15) is 71.2 Å². The van der Waals surface area contributed by atoms with Crippen LogP contribution in [0, 0.1) is 0 Å². The SMILES string of the molecule is CC(C)OC(=O)N[C@H]1CC[C@H](c2ncc(-c3ccc(-c4ccc5nn[nH]c5c4)cc3S(=O)(=O)NC(C)(C)C)s2)CC1. The number of aromatic nitrogens is 4. The second-order valence-electron chi connectivity index (χ2n) is 11.8. The molecule has 2 heterocycles. The molecule has 12 heteroatoms. The molecule has 3 N–H and O–H groups in total. The molecular formula is C29H36N6O4S2. The van der Waals surface area contributed by atoms with Crippen molar-refractivity contribution in [2.75, 3.05) is 0 Å². The molecule has 0 atom stereocenters. The normalized spacial score (nSPS) is 18.1. The monoisotopic (exact) mass is 596 g/mol. The highest BCUT2D eigenvalue weighted by molar-refractivity contribution is 7.89. The molecule has 0 radical (unpaired) electrons. The molecule has 0 unspecified atom stereocenters. The second kappa shape index (κ2) is 11.5. The van der Waals surface area contributed by atoms with Crippen molar-refractivity contribution in [2.24, 2.45) is 0 Å². The number of sulfonamides is 1. The number of benzene rings is 2. The largest absolute Gasteiger partial charge is 0.447 e. The summed E-state index contributed by atoms with van der Waals surface area (Å²) in [5.41, 5.74) is 3.11. The quantitative estimate of drug-likeness (QED) is 0.238. The number of rotatable bonds is 7. The number of aromatic amines is 1. The number of hydrogen-bond acceptors (Lipinski definition) is 8. The Kier molecular flexibility index (Phi) is 8.18. The minimum absolute atomic E-state index is 0.0847. The van der Waals surface area contributed by atoms with Gasteiger partial charge in [-0.25, -0.2) is 22.9 Å². The Morgan fingerprint density at radius 3 is 2.49 bits per heavy atom. The number of amides is 1. The van der Waals surface area contributed by atoms with Crippen LogP contribution in [0.15, 0.2) is 47.5 Å². The molecule has 0 spiro atoms. The van der Waals surface area contributed by atoms with Crippen LogP contribution in [0.3, 0.4) is 0 Å². The van der Waals surface area contributed by atoms with Crippen molar-refractivity contribution in [1.29, 1.82) is 0 Å². The van der Waals surface area contributed by atoms with Crippen LogP contribution >= 0.6 is 11.3 Å². The van der Waals surface area contributed by atoms with E-state index in [0.29, 0.717) is 5.56 Å². The molecule has 1 aliphatic carbocycles. The summed E-state index contributed by atoms with van der Waals surface area (Å²) in [5, 5.41) is 14.7. The summed E-state index contributed by atoms with van der Waals surface area (Å²) in [5.74, 6) is 0.259. The molecule has 1 saturated carbocycles. The van der Waals surface area contributed by atoms with Gasteiger partial charge in [0.1, 0.15) is 5.52 Å². The fraction of sp³-hybridized carbons (Fsp3) is 0.448. The average molecular weight is 597 g/mol. The first-order valence-corrected chi connectivity index (χ1v) is 16.1. The Bertz CT molecular complexity index is 1650. The number of carbonyl (C=O) groups excluding carboxylic acids is 1. The van der Waals surface area contributed by atoms with Crippen molar-refractivity contribution in [1.82, 2.24) is 30.4 Å². The zero-order valence-corrected chi connectivity index (χ0v) is 25.5. The predicted molar refractivity (Wildman–Crippen MR) is 160 cm³/mol. The van der Waals surface area contributed by atoms with Gasteiger partial charge in [0.05, 0.1) is 26.4 Å². The highest BCUT2D eigenvalue weighted by Crippen LogP contribution is 2.40. The van der Waals surface area contributed by atoms with Gasteiger partial charge < -0.3 is 10.1 Å². The molecular weight excluding hydrogens is 560 g/mol. The number of hydrogen-bond donors (Lipinski definition) is 3. The lowest BCUT2D eigenvalue weighted by atomic mass is 9.86. The van der Waals surface area contributed by atoms with Crippen molar-refractivity contribution < 1.29 is 17.9 Å². The number of alkyl carbamates (subject to hydrolysis) is 1. The van der Waals surface area contributed by atoms with Gasteiger partial charge >= 0.3 is 6.09 Å². The highest BCUT2D eigenvalue weighted by atomic mass is 32.2. The van der Waals surface area contributed by atoms with E-state index in [1.165, 1.54) is 11.3 Å². The first kappa shape index (κ1) is 29.2. The molecule has 0 aliphatic heterocycles. The van der Waals surface area contributed by atoms with Crippen LogP contribution < -0.4 is 10.0 Å². The van der Waals surface area contributed by atoms with Gasteiger partial charge in [0, 0.05) is 29.3 Å². The third-order valence-corrected chi connectivity index (χ3v) is 9.89. The maximum absolute atomic E-state index is 13.7. The topological polar surface area (TPSA) is 139 Å². The smallest absolute Gasteiger partial charge is 0.407 e. The van der Waals surface area contributed by atoms with Crippen molar-refractivity contribution in [3.05, 3.63) is 47.6 Å². The highest BCUT2D eigenvalue weighted by Gasteiger charge is 2.29. The van der Waals surface area contributed by atoms with Gasteiger partial charge in [-0.2, -0.15) is 0 Å². The van der Waals surface area contributed by atoms with Gasteiger partial charge in [-0.3, -0.25) is 5.10 Å². The number of ether oxygens (including phenoxy) is 1. The third-order valence-electron chi connectivity index (χ3n) is 6.90. The first-order valence-electron chi connectivity index (χ1n) is 13.8. The summed E-state index contributed by atoms with van der Waals surface area (Å²) < 4.78 is 35.4. The zero-order chi connectivity index (χ0) is 29.4. The Hall–Kier alpha value is -3.35. The van der Waals surface area contributed by atoms with Crippen molar-refractivity contribution in [3.8, 4) is 21.6 Å². The number of H-pyrrole nitrogens is 1. The van der Waals surface area contributed by atoms with Gasteiger partial charge in [-0.05, 0) is 89.6 Å². The van der Waals surface area contributed by atoms with Crippen LogP contribution in [0.4, 0.5) is 4.79 Å². The van der Waals surface area contributed by atoms with Crippen LogP contribution in [0.25, 0.3) is 32.6 Å². The van der Waals surface area contributed by atoms with Gasteiger partial charge in [0.25, 0.3) is 0 Å². The molecule has 2 aromatic carbocycles. The fourth-order valence-corrected chi connectivity index (χ4v) is 7.97. The summed E-state index contributed by atoms with van der Waals surface area (Å²) in [6.07, 6.45) is 4.71. The molecule has 5 rings (SSSR count). The van der Waals surface area contributed by atoms with Crippen molar-refractivity contribution >= 4 is 38.5 Å².